The average Bonchev–Trinajstić information content (AvgIpc) is 3.50. The molecule has 1 aromatic carbocycles. The summed E-state index contributed by atoms with van der Waals surface area (Å²) in [5.41, 5.74) is 6.34. The highest BCUT2D eigenvalue weighted by Gasteiger charge is 2.38. The van der Waals surface area contributed by atoms with Crippen molar-refractivity contribution in [3.63, 3.8) is 0 Å². The van der Waals surface area contributed by atoms with Crippen LogP contribution in [0.4, 0.5) is 0 Å². The van der Waals surface area contributed by atoms with Gasteiger partial charge in [0.25, 0.3) is 0 Å². The van der Waals surface area contributed by atoms with Crippen LogP contribution in [0.3, 0.4) is 0 Å². The molecule has 6 rings (SSSR count). The first-order chi connectivity index (χ1) is 18.3. The molecule has 1 heterocycles. The number of rotatable bonds is 8. The minimum absolute atomic E-state index is 0.106. The van der Waals surface area contributed by atoms with Crippen molar-refractivity contribution in [2.24, 2.45) is 11.8 Å². The van der Waals surface area contributed by atoms with Crippen LogP contribution < -0.4 is 14.2 Å². The molecule has 6 nitrogen and oxygen atoms in total. The van der Waals surface area contributed by atoms with E-state index in [0.717, 1.165) is 79.1 Å². The van der Waals surface area contributed by atoms with E-state index < -0.39 is 10.0 Å². The third kappa shape index (κ3) is 4.22. The molecule has 4 aliphatic rings. The number of nitrogens with one attached hydrogen (secondary N) is 1. The predicted molar refractivity (Wildman–Crippen MR) is 150 cm³/mol. The van der Waals surface area contributed by atoms with E-state index in [9.17, 15) is 8.42 Å². The Labute approximate surface area is 226 Å². The lowest BCUT2D eigenvalue weighted by atomic mass is 9.74. The SMILES string of the molecule is COc1cc2c3c(c1OC)CCC3C(CCCNS(=O)(=O)C1=Cc3c(oc4c3C(C)CC=C4)CC1C)CC2. The molecule has 4 aliphatic carbocycles. The summed E-state index contributed by atoms with van der Waals surface area (Å²) in [6.45, 7) is 4.63. The Hall–Kier alpha value is -2.51. The minimum atomic E-state index is -3.55. The predicted octanol–water partition coefficient (Wildman–Crippen LogP) is 6.34. The van der Waals surface area contributed by atoms with Crippen molar-refractivity contribution in [2.75, 3.05) is 20.8 Å². The molecule has 0 bridgehead atoms. The number of hydrogen-bond donors (Lipinski definition) is 1. The van der Waals surface area contributed by atoms with Crippen molar-refractivity contribution in [1.29, 1.82) is 0 Å². The van der Waals surface area contributed by atoms with Crippen LogP contribution in [-0.4, -0.2) is 29.2 Å². The molecule has 7 heteroatoms. The van der Waals surface area contributed by atoms with Crippen LogP contribution in [0, 0.1) is 11.8 Å². The fourth-order valence-corrected chi connectivity index (χ4v) is 8.95. The molecule has 0 saturated heterocycles. The van der Waals surface area contributed by atoms with Crippen molar-refractivity contribution in [3.8, 4) is 11.5 Å². The van der Waals surface area contributed by atoms with Crippen molar-refractivity contribution in [2.45, 2.75) is 77.0 Å². The van der Waals surface area contributed by atoms with E-state index in [4.69, 9.17) is 13.9 Å². The molecule has 204 valence electrons. The lowest BCUT2D eigenvalue weighted by Gasteiger charge is -2.32. The summed E-state index contributed by atoms with van der Waals surface area (Å²) in [5, 5.41) is 0. The minimum Gasteiger partial charge on any atom is -0.493 e. The van der Waals surface area contributed by atoms with Crippen molar-refractivity contribution >= 4 is 22.2 Å². The fraction of sp³-hybridized carbons (Fsp3) is 0.548. The lowest BCUT2D eigenvalue weighted by molar-refractivity contribution is 0.337. The van der Waals surface area contributed by atoms with E-state index in [1.165, 1.54) is 16.7 Å². The quantitative estimate of drug-likeness (QED) is 0.398. The first-order valence-electron chi connectivity index (χ1n) is 14.1. The Balaban J connectivity index is 1.12. The summed E-state index contributed by atoms with van der Waals surface area (Å²) in [5.74, 6) is 4.89. The number of sulfonamides is 1. The molecule has 4 atom stereocenters. The van der Waals surface area contributed by atoms with Crippen molar-refractivity contribution < 1.29 is 22.3 Å². The number of benzene rings is 1. The molecular weight excluding hydrogens is 498 g/mol. The van der Waals surface area contributed by atoms with Crippen LogP contribution in [0.2, 0.25) is 0 Å². The van der Waals surface area contributed by atoms with Gasteiger partial charge in [-0.05, 0) is 92.0 Å². The first kappa shape index (κ1) is 25.8. The van der Waals surface area contributed by atoms with Crippen LogP contribution in [-0.2, 0) is 29.3 Å². The molecule has 0 saturated carbocycles. The third-order valence-electron chi connectivity index (χ3n) is 9.29. The number of fused-ring (bicyclic) bond motifs is 3. The summed E-state index contributed by atoms with van der Waals surface area (Å²) in [7, 11) is -0.120. The molecule has 4 unspecified atom stereocenters. The molecule has 0 fully saturated rings. The average molecular weight is 538 g/mol. The van der Waals surface area contributed by atoms with Crippen LogP contribution in [0.15, 0.2) is 21.5 Å². The second kappa shape index (κ2) is 9.91. The summed E-state index contributed by atoms with van der Waals surface area (Å²) in [6.07, 6.45) is 13.8. The van der Waals surface area contributed by atoms with Crippen molar-refractivity contribution in [1.82, 2.24) is 4.72 Å². The van der Waals surface area contributed by atoms with Gasteiger partial charge in [-0.15, -0.1) is 0 Å². The van der Waals surface area contributed by atoms with E-state index in [1.54, 1.807) is 14.2 Å². The second-order valence-electron chi connectivity index (χ2n) is 11.6. The zero-order valence-electron chi connectivity index (χ0n) is 22.9. The summed E-state index contributed by atoms with van der Waals surface area (Å²) < 4.78 is 47.2. The standard InChI is InChI=1S/C31H39NO5S/c1-18-7-5-9-25-29(18)24-17-28(19(2)15-26(24)37-25)38(33,34)32-14-6-8-20-10-11-21-16-27(35-3)31(36-4)23-13-12-22(20)30(21)23/h5,9,16-20,22,32H,6-8,10-15H2,1-4H3. The molecule has 38 heavy (non-hydrogen) atoms. The molecule has 0 spiro atoms. The highest BCUT2D eigenvalue weighted by Crippen LogP contribution is 2.52. The number of allylic oxidation sites excluding steroid dienone is 2. The van der Waals surface area contributed by atoms with Gasteiger partial charge in [-0.2, -0.15) is 0 Å². The van der Waals surface area contributed by atoms with Gasteiger partial charge in [0, 0.05) is 35.6 Å². The first-order valence-corrected chi connectivity index (χ1v) is 15.6. The van der Waals surface area contributed by atoms with Crippen LogP contribution in [0.25, 0.3) is 12.2 Å². The molecule has 1 N–H and O–H groups in total. The molecule has 0 amide bonds. The Bertz CT molecular complexity index is 1420. The molecule has 1 aromatic heterocycles. The smallest absolute Gasteiger partial charge is 0.237 e. The van der Waals surface area contributed by atoms with Crippen LogP contribution in [0.1, 0.15) is 97.1 Å². The zero-order valence-corrected chi connectivity index (χ0v) is 23.7. The van der Waals surface area contributed by atoms with Gasteiger partial charge in [-0.25, -0.2) is 13.1 Å². The maximum Gasteiger partial charge on any atom is 0.237 e. The summed E-state index contributed by atoms with van der Waals surface area (Å²) in [4.78, 5) is 0.489. The van der Waals surface area contributed by atoms with Gasteiger partial charge in [0.05, 0.1) is 19.1 Å². The third-order valence-corrected chi connectivity index (χ3v) is 11.0. The van der Waals surface area contributed by atoms with E-state index in [2.05, 4.69) is 23.8 Å². The highest BCUT2D eigenvalue weighted by atomic mass is 32.2. The van der Waals surface area contributed by atoms with Gasteiger partial charge in [-0.1, -0.05) is 19.9 Å². The molecule has 2 aromatic rings. The number of aryl methyl sites for hydroxylation is 1. The van der Waals surface area contributed by atoms with Gasteiger partial charge in [0.1, 0.15) is 11.5 Å². The number of hydrogen-bond acceptors (Lipinski definition) is 5. The van der Waals surface area contributed by atoms with E-state index >= 15 is 0 Å². The monoisotopic (exact) mass is 537 g/mol. The van der Waals surface area contributed by atoms with Gasteiger partial charge in [0.2, 0.25) is 10.0 Å². The van der Waals surface area contributed by atoms with Crippen LogP contribution >= 0.6 is 0 Å². The number of methoxy groups -OCH3 is 2. The highest BCUT2D eigenvalue weighted by molar-refractivity contribution is 7.93. The second-order valence-corrected chi connectivity index (χ2v) is 13.3. The number of furan rings is 1. The Kier molecular flexibility index (Phi) is 6.71. The lowest BCUT2D eigenvalue weighted by Crippen LogP contribution is -2.30. The van der Waals surface area contributed by atoms with E-state index in [-0.39, 0.29) is 5.92 Å². The van der Waals surface area contributed by atoms with E-state index in [0.29, 0.717) is 35.6 Å². The summed E-state index contributed by atoms with van der Waals surface area (Å²) >= 11 is 0. The molecule has 0 aliphatic heterocycles. The Morgan fingerprint density at radius 1 is 1.08 bits per heavy atom. The Morgan fingerprint density at radius 2 is 1.92 bits per heavy atom. The molecule has 0 radical (unpaired) electrons. The fourth-order valence-electron chi connectivity index (χ4n) is 7.49. The number of ether oxygens (including phenoxy) is 2. The maximum absolute atomic E-state index is 13.4. The van der Waals surface area contributed by atoms with Gasteiger partial charge >= 0.3 is 0 Å². The van der Waals surface area contributed by atoms with Gasteiger partial charge < -0.3 is 13.9 Å². The maximum atomic E-state index is 13.4. The van der Waals surface area contributed by atoms with Crippen LogP contribution in [0.5, 0.6) is 11.5 Å². The summed E-state index contributed by atoms with van der Waals surface area (Å²) in [6, 6.07) is 2.17. The Morgan fingerprint density at radius 3 is 2.71 bits per heavy atom. The molecular formula is C31H39NO5S. The van der Waals surface area contributed by atoms with E-state index in [1.807, 2.05) is 19.1 Å². The van der Waals surface area contributed by atoms with Crippen molar-refractivity contribution in [3.05, 3.63) is 56.4 Å². The normalized spacial score (nSPS) is 25.4. The zero-order chi connectivity index (χ0) is 26.6. The van der Waals surface area contributed by atoms with Gasteiger partial charge in [-0.3, -0.25) is 0 Å². The van der Waals surface area contributed by atoms with Gasteiger partial charge in [0.15, 0.2) is 11.5 Å². The topological polar surface area (TPSA) is 77.8 Å². The largest absolute Gasteiger partial charge is 0.493 e.